The summed E-state index contributed by atoms with van der Waals surface area (Å²) >= 11 is 0. The molecule has 0 aromatic rings. The largest absolute Gasteiger partial charge is 0.480 e. The predicted octanol–water partition coefficient (Wildman–Crippen LogP) is 6.61. The van der Waals surface area contributed by atoms with Crippen LogP contribution in [0.4, 0.5) is 0 Å². The molecule has 0 aliphatic heterocycles. The van der Waals surface area contributed by atoms with Crippen LogP contribution in [-0.4, -0.2) is 35.0 Å². The van der Waals surface area contributed by atoms with E-state index in [0.717, 1.165) is 19.3 Å². The van der Waals surface area contributed by atoms with Gasteiger partial charge < -0.3 is 15.7 Å². The normalized spacial score (nSPS) is 13.1. The Morgan fingerprint density at radius 1 is 0.588 bits per heavy atom. The summed E-state index contributed by atoms with van der Waals surface area (Å²) in [6.45, 7) is 9.46. The second kappa shape index (κ2) is 20.8. The van der Waals surface area contributed by atoms with Crippen molar-refractivity contribution in [2.24, 2.45) is 11.8 Å². The van der Waals surface area contributed by atoms with Crippen molar-refractivity contribution < 1.29 is 19.5 Å². The van der Waals surface area contributed by atoms with Crippen LogP contribution in [-0.2, 0) is 14.4 Å². The number of carbonyl (C=O) groups excluding carboxylic acids is 2. The Morgan fingerprint density at radius 2 is 0.971 bits per heavy atom. The van der Waals surface area contributed by atoms with Crippen molar-refractivity contribution in [1.82, 2.24) is 10.6 Å². The van der Waals surface area contributed by atoms with Crippen molar-refractivity contribution in [3.63, 3.8) is 0 Å². The molecule has 0 aromatic heterocycles. The molecular formula is C28H54N2O4. The van der Waals surface area contributed by atoms with Gasteiger partial charge in [0.25, 0.3) is 0 Å². The van der Waals surface area contributed by atoms with Gasteiger partial charge in [0.1, 0.15) is 12.1 Å². The number of hydrogen-bond acceptors (Lipinski definition) is 3. The molecule has 0 saturated heterocycles. The lowest BCUT2D eigenvalue weighted by atomic mass is 10.00. The highest BCUT2D eigenvalue weighted by atomic mass is 16.4. The molecule has 0 aliphatic carbocycles. The van der Waals surface area contributed by atoms with Crippen LogP contribution in [0.1, 0.15) is 137 Å². The first-order valence-electron chi connectivity index (χ1n) is 14.0. The molecule has 6 heteroatoms. The molecule has 0 heterocycles. The van der Waals surface area contributed by atoms with Crippen molar-refractivity contribution in [2.45, 2.75) is 149 Å². The van der Waals surface area contributed by atoms with Gasteiger partial charge in [0, 0.05) is 6.42 Å². The highest BCUT2D eigenvalue weighted by Gasteiger charge is 2.29. The average molecular weight is 483 g/mol. The first kappa shape index (κ1) is 32.4. The number of nitrogens with one attached hydrogen (secondary N) is 2. The van der Waals surface area contributed by atoms with Gasteiger partial charge in [0.15, 0.2) is 0 Å². The predicted molar refractivity (Wildman–Crippen MR) is 141 cm³/mol. The van der Waals surface area contributed by atoms with Crippen LogP contribution in [0.15, 0.2) is 0 Å². The Hall–Kier alpha value is -1.59. The van der Waals surface area contributed by atoms with E-state index in [1.807, 2.05) is 13.8 Å². The minimum Gasteiger partial charge on any atom is -0.480 e. The number of carboxylic acid groups (broad SMARTS) is 1. The summed E-state index contributed by atoms with van der Waals surface area (Å²) in [6, 6.07) is -1.68. The molecule has 0 bridgehead atoms. The van der Waals surface area contributed by atoms with Gasteiger partial charge in [-0.1, -0.05) is 125 Å². The number of rotatable bonds is 22. The van der Waals surface area contributed by atoms with E-state index < -0.39 is 24.0 Å². The summed E-state index contributed by atoms with van der Waals surface area (Å²) in [5, 5.41) is 14.7. The fraction of sp³-hybridized carbons (Fsp3) is 0.893. The Bertz CT molecular complexity index is 549. The number of carbonyl (C=O) groups is 3. The lowest BCUT2D eigenvalue weighted by Gasteiger charge is -2.25. The summed E-state index contributed by atoms with van der Waals surface area (Å²) in [5.41, 5.74) is 0. The van der Waals surface area contributed by atoms with Crippen LogP contribution in [0.25, 0.3) is 0 Å². The summed E-state index contributed by atoms with van der Waals surface area (Å²) < 4.78 is 0. The Morgan fingerprint density at radius 3 is 1.32 bits per heavy atom. The third-order valence-corrected chi connectivity index (χ3v) is 6.50. The maximum absolute atomic E-state index is 12.6. The van der Waals surface area contributed by atoms with E-state index in [1.54, 1.807) is 13.8 Å². The first-order chi connectivity index (χ1) is 16.2. The van der Waals surface area contributed by atoms with Crippen molar-refractivity contribution in [2.75, 3.05) is 0 Å². The van der Waals surface area contributed by atoms with Gasteiger partial charge in [-0.15, -0.1) is 0 Å². The number of hydrogen-bond donors (Lipinski definition) is 3. The minimum atomic E-state index is -1.06. The molecule has 2 amide bonds. The van der Waals surface area contributed by atoms with Crippen LogP contribution in [0.3, 0.4) is 0 Å². The van der Waals surface area contributed by atoms with Crippen LogP contribution < -0.4 is 10.6 Å². The highest BCUT2D eigenvalue weighted by molar-refractivity contribution is 5.90. The molecular weight excluding hydrogens is 428 g/mol. The fourth-order valence-electron chi connectivity index (χ4n) is 4.19. The van der Waals surface area contributed by atoms with Crippen LogP contribution >= 0.6 is 0 Å². The van der Waals surface area contributed by atoms with Gasteiger partial charge in [-0.25, -0.2) is 4.79 Å². The molecule has 2 atom stereocenters. The maximum atomic E-state index is 12.6. The summed E-state index contributed by atoms with van der Waals surface area (Å²) in [6.07, 6.45) is 19.6. The molecule has 34 heavy (non-hydrogen) atoms. The zero-order valence-corrected chi connectivity index (χ0v) is 22.8. The fourth-order valence-corrected chi connectivity index (χ4v) is 4.19. The van der Waals surface area contributed by atoms with E-state index in [4.69, 9.17) is 0 Å². The summed E-state index contributed by atoms with van der Waals surface area (Å²) in [5.74, 6) is -1.98. The van der Waals surface area contributed by atoms with Gasteiger partial charge in [0.2, 0.25) is 11.8 Å². The molecule has 0 aliphatic rings. The van der Waals surface area contributed by atoms with Crippen LogP contribution in [0.5, 0.6) is 0 Å². The zero-order chi connectivity index (χ0) is 25.8. The monoisotopic (exact) mass is 482 g/mol. The Balaban J connectivity index is 3.87. The molecule has 0 unspecified atom stereocenters. The van der Waals surface area contributed by atoms with E-state index in [-0.39, 0.29) is 17.7 Å². The van der Waals surface area contributed by atoms with Crippen molar-refractivity contribution >= 4 is 17.8 Å². The summed E-state index contributed by atoms with van der Waals surface area (Å²) in [7, 11) is 0. The van der Waals surface area contributed by atoms with E-state index >= 15 is 0 Å². The highest BCUT2D eigenvalue weighted by Crippen LogP contribution is 2.14. The topological polar surface area (TPSA) is 95.5 Å². The first-order valence-corrected chi connectivity index (χ1v) is 14.0. The third kappa shape index (κ3) is 16.9. The smallest absolute Gasteiger partial charge is 0.326 e. The van der Waals surface area contributed by atoms with Gasteiger partial charge in [-0.05, 0) is 18.3 Å². The quantitative estimate of drug-likeness (QED) is 0.151. The van der Waals surface area contributed by atoms with Crippen LogP contribution in [0.2, 0.25) is 0 Å². The van der Waals surface area contributed by atoms with Gasteiger partial charge in [-0.3, -0.25) is 9.59 Å². The Kier molecular flexibility index (Phi) is 19.8. The molecule has 0 fully saturated rings. The van der Waals surface area contributed by atoms with E-state index in [2.05, 4.69) is 17.6 Å². The number of amides is 2. The molecule has 0 spiro atoms. The second-order valence-corrected chi connectivity index (χ2v) is 10.6. The third-order valence-electron chi connectivity index (χ3n) is 6.50. The van der Waals surface area contributed by atoms with Crippen molar-refractivity contribution in [3.8, 4) is 0 Å². The van der Waals surface area contributed by atoms with Gasteiger partial charge in [-0.2, -0.15) is 0 Å². The lowest BCUT2D eigenvalue weighted by Crippen LogP contribution is -2.54. The molecule has 200 valence electrons. The Labute approximate surface area is 209 Å². The SMILES string of the molecule is CCCCCCCCCCCCCCCCCC(=O)N[C@@H](C(=O)N[C@@H](C(=O)O)C(C)C)C(C)C. The van der Waals surface area contributed by atoms with Gasteiger partial charge in [0.05, 0.1) is 0 Å². The number of aliphatic carboxylic acids is 1. The van der Waals surface area contributed by atoms with E-state index in [9.17, 15) is 19.5 Å². The van der Waals surface area contributed by atoms with Crippen molar-refractivity contribution in [3.05, 3.63) is 0 Å². The molecule has 3 N–H and O–H groups in total. The van der Waals surface area contributed by atoms with Crippen LogP contribution in [0, 0.1) is 11.8 Å². The average Bonchev–Trinajstić information content (AvgIpc) is 2.77. The molecule has 0 radical (unpaired) electrons. The minimum absolute atomic E-state index is 0.119. The standard InChI is InChI=1S/C28H54N2O4/c1-6-7-8-9-10-11-12-13-14-15-16-17-18-19-20-21-24(31)29-25(22(2)3)27(32)30-26(23(4)5)28(33)34/h22-23,25-26H,6-21H2,1-5H3,(H,29,31)(H,30,32)(H,33,34)/t25-,26-/m1/s1. The summed E-state index contributed by atoms with van der Waals surface area (Å²) in [4.78, 5) is 36.3. The van der Waals surface area contributed by atoms with Crippen molar-refractivity contribution in [1.29, 1.82) is 0 Å². The number of carboxylic acids is 1. The zero-order valence-electron chi connectivity index (χ0n) is 22.8. The van der Waals surface area contributed by atoms with Gasteiger partial charge >= 0.3 is 5.97 Å². The molecule has 0 rings (SSSR count). The number of unbranched alkanes of at least 4 members (excludes halogenated alkanes) is 14. The molecule has 0 saturated carbocycles. The lowest BCUT2D eigenvalue weighted by molar-refractivity contribution is -0.143. The van der Waals surface area contributed by atoms with E-state index in [0.29, 0.717) is 6.42 Å². The molecule has 0 aromatic carbocycles. The maximum Gasteiger partial charge on any atom is 0.326 e. The molecule has 6 nitrogen and oxygen atoms in total. The second-order valence-electron chi connectivity index (χ2n) is 10.6. The van der Waals surface area contributed by atoms with E-state index in [1.165, 1.54) is 77.0 Å².